The highest BCUT2D eigenvalue weighted by Crippen LogP contribution is 2.21. The summed E-state index contributed by atoms with van der Waals surface area (Å²) in [5.41, 5.74) is 2.54. The molecule has 0 radical (unpaired) electrons. The molecule has 3 aromatic rings. The van der Waals surface area contributed by atoms with Crippen molar-refractivity contribution >= 4 is 34.5 Å². The van der Waals surface area contributed by atoms with Gasteiger partial charge in [-0.25, -0.2) is 4.98 Å². The number of aromatic nitrogens is 4. The van der Waals surface area contributed by atoms with E-state index in [1.54, 1.807) is 13.4 Å². The molecular formula is C20H23ClN6O2. The topological polar surface area (TPSA) is 85.2 Å². The molecular weight excluding hydrogens is 392 g/mol. The Morgan fingerprint density at radius 1 is 1.21 bits per heavy atom. The zero-order valence-electron chi connectivity index (χ0n) is 16.3. The number of nitrogens with one attached hydrogen (secondary N) is 1. The molecule has 9 heteroatoms. The standard InChI is InChI=1S/C20H23ClN6O2/c1-29-15-6-4-14(5-7-15)8-9-22-18-17-19(25-20(21)24-18)27(13-23-17)12-11-26-10-2-3-16(26)28/h4-7,13H,2-3,8-12H2,1H3,(H,22,24,25). The summed E-state index contributed by atoms with van der Waals surface area (Å²) >= 11 is 6.15. The molecule has 1 amide bonds. The van der Waals surface area contributed by atoms with Crippen LogP contribution in [0.1, 0.15) is 18.4 Å². The number of anilines is 1. The molecule has 1 aromatic carbocycles. The molecule has 1 saturated heterocycles. The molecule has 3 heterocycles. The van der Waals surface area contributed by atoms with Crippen LogP contribution in [0.5, 0.6) is 5.75 Å². The molecule has 0 unspecified atom stereocenters. The Balaban J connectivity index is 1.43. The third kappa shape index (κ3) is 4.42. The number of fused-ring (bicyclic) bond motifs is 1. The van der Waals surface area contributed by atoms with Crippen LogP contribution >= 0.6 is 11.6 Å². The first kappa shape index (κ1) is 19.4. The van der Waals surface area contributed by atoms with Crippen LogP contribution in [0.3, 0.4) is 0 Å². The molecule has 29 heavy (non-hydrogen) atoms. The van der Waals surface area contributed by atoms with Gasteiger partial charge in [0.1, 0.15) is 5.75 Å². The van der Waals surface area contributed by atoms with Crippen LogP contribution in [0.4, 0.5) is 5.82 Å². The summed E-state index contributed by atoms with van der Waals surface area (Å²) in [6, 6.07) is 7.97. The number of rotatable bonds is 8. The minimum Gasteiger partial charge on any atom is -0.497 e. The van der Waals surface area contributed by atoms with E-state index >= 15 is 0 Å². The number of methoxy groups -OCH3 is 1. The molecule has 0 spiro atoms. The van der Waals surface area contributed by atoms with Gasteiger partial charge in [-0.05, 0) is 42.1 Å². The van der Waals surface area contributed by atoms with E-state index < -0.39 is 0 Å². The molecule has 2 aromatic heterocycles. The van der Waals surface area contributed by atoms with Crippen LogP contribution in [0.25, 0.3) is 11.2 Å². The fourth-order valence-electron chi connectivity index (χ4n) is 3.49. The quantitative estimate of drug-likeness (QED) is 0.570. The van der Waals surface area contributed by atoms with E-state index in [0.29, 0.717) is 43.0 Å². The van der Waals surface area contributed by atoms with Gasteiger partial charge in [0.25, 0.3) is 0 Å². The predicted octanol–water partition coefficient (Wildman–Crippen LogP) is 2.77. The lowest BCUT2D eigenvalue weighted by Gasteiger charge is -2.15. The van der Waals surface area contributed by atoms with Crippen LogP contribution < -0.4 is 10.1 Å². The maximum absolute atomic E-state index is 11.8. The van der Waals surface area contributed by atoms with Crippen molar-refractivity contribution in [3.63, 3.8) is 0 Å². The number of ether oxygens (including phenoxy) is 1. The Kier molecular flexibility index (Phi) is 5.80. The van der Waals surface area contributed by atoms with Crippen molar-refractivity contribution in [2.75, 3.05) is 32.1 Å². The van der Waals surface area contributed by atoms with Gasteiger partial charge < -0.3 is 19.5 Å². The number of halogens is 1. The van der Waals surface area contributed by atoms with E-state index in [2.05, 4.69) is 20.3 Å². The highest BCUT2D eigenvalue weighted by Gasteiger charge is 2.20. The summed E-state index contributed by atoms with van der Waals surface area (Å²) in [7, 11) is 1.66. The molecule has 8 nitrogen and oxygen atoms in total. The second kappa shape index (κ2) is 8.65. The highest BCUT2D eigenvalue weighted by molar-refractivity contribution is 6.28. The van der Waals surface area contributed by atoms with Gasteiger partial charge >= 0.3 is 0 Å². The monoisotopic (exact) mass is 414 g/mol. The van der Waals surface area contributed by atoms with Crippen LogP contribution in [-0.4, -0.2) is 57.1 Å². The summed E-state index contributed by atoms with van der Waals surface area (Å²) < 4.78 is 7.11. The number of hydrogen-bond acceptors (Lipinski definition) is 6. The van der Waals surface area contributed by atoms with Crippen molar-refractivity contribution in [2.24, 2.45) is 0 Å². The minimum absolute atomic E-state index is 0.170. The first-order chi connectivity index (χ1) is 14.1. The molecule has 0 aliphatic carbocycles. The largest absolute Gasteiger partial charge is 0.497 e. The number of imidazole rings is 1. The molecule has 0 saturated carbocycles. The van der Waals surface area contributed by atoms with Crippen molar-refractivity contribution in [1.82, 2.24) is 24.4 Å². The van der Waals surface area contributed by atoms with Crippen LogP contribution in [0.2, 0.25) is 5.28 Å². The second-order valence-electron chi connectivity index (χ2n) is 6.96. The number of amides is 1. The lowest BCUT2D eigenvalue weighted by atomic mass is 10.1. The molecule has 152 valence electrons. The fourth-order valence-corrected chi connectivity index (χ4v) is 3.66. The number of likely N-dealkylation sites (tertiary alicyclic amines) is 1. The summed E-state index contributed by atoms with van der Waals surface area (Å²) in [6.45, 7) is 2.77. The summed E-state index contributed by atoms with van der Waals surface area (Å²) in [6.07, 6.45) is 4.12. The highest BCUT2D eigenvalue weighted by atomic mass is 35.5. The van der Waals surface area contributed by atoms with Crippen LogP contribution in [0, 0.1) is 0 Å². The van der Waals surface area contributed by atoms with E-state index in [1.807, 2.05) is 33.7 Å². The SMILES string of the molecule is COc1ccc(CCNc2nc(Cl)nc3c2ncn3CCN2CCCC2=O)cc1. The average Bonchev–Trinajstić information content (AvgIpc) is 3.32. The van der Waals surface area contributed by atoms with Crippen molar-refractivity contribution in [2.45, 2.75) is 25.8 Å². The Morgan fingerprint density at radius 2 is 2.03 bits per heavy atom. The first-order valence-corrected chi connectivity index (χ1v) is 10.0. The van der Waals surface area contributed by atoms with Gasteiger partial charge in [-0.1, -0.05) is 12.1 Å². The van der Waals surface area contributed by atoms with Gasteiger partial charge in [-0.2, -0.15) is 9.97 Å². The van der Waals surface area contributed by atoms with Crippen molar-refractivity contribution in [3.05, 3.63) is 41.4 Å². The lowest BCUT2D eigenvalue weighted by Crippen LogP contribution is -2.28. The normalized spacial score (nSPS) is 14.0. The van der Waals surface area contributed by atoms with E-state index in [-0.39, 0.29) is 11.2 Å². The molecule has 0 atom stereocenters. The van der Waals surface area contributed by atoms with Gasteiger partial charge in [0.2, 0.25) is 11.2 Å². The molecule has 0 bridgehead atoms. The second-order valence-corrected chi connectivity index (χ2v) is 7.30. The Bertz CT molecular complexity index is 1000. The average molecular weight is 415 g/mol. The van der Waals surface area contributed by atoms with Crippen LogP contribution in [-0.2, 0) is 17.8 Å². The Labute approximate surface area is 173 Å². The smallest absolute Gasteiger partial charge is 0.226 e. The molecule has 1 aliphatic rings. The van der Waals surface area contributed by atoms with Crippen LogP contribution in [0.15, 0.2) is 30.6 Å². The zero-order chi connectivity index (χ0) is 20.2. The summed E-state index contributed by atoms with van der Waals surface area (Å²) in [4.78, 5) is 26.8. The van der Waals surface area contributed by atoms with E-state index in [9.17, 15) is 4.79 Å². The third-order valence-corrected chi connectivity index (χ3v) is 5.25. The van der Waals surface area contributed by atoms with Gasteiger partial charge in [-0.15, -0.1) is 0 Å². The molecule has 1 fully saturated rings. The van der Waals surface area contributed by atoms with Crippen molar-refractivity contribution in [1.29, 1.82) is 0 Å². The van der Waals surface area contributed by atoms with E-state index in [0.717, 1.165) is 25.1 Å². The molecule has 4 rings (SSSR count). The zero-order valence-corrected chi connectivity index (χ0v) is 17.0. The number of benzene rings is 1. The Morgan fingerprint density at radius 3 is 2.76 bits per heavy atom. The van der Waals surface area contributed by atoms with Crippen molar-refractivity contribution < 1.29 is 9.53 Å². The summed E-state index contributed by atoms with van der Waals surface area (Å²) in [5, 5.41) is 3.49. The maximum atomic E-state index is 11.8. The summed E-state index contributed by atoms with van der Waals surface area (Å²) in [5.74, 6) is 1.67. The van der Waals surface area contributed by atoms with Crippen molar-refractivity contribution in [3.8, 4) is 5.75 Å². The van der Waals surface area contributed by atoms with E-state index in [4.69, 9.17) is 16.3 Å². The first-order valence-electron chi connectivity index (χ1n) is 9.67. The van der Waals surface area contributed by atoms with Gasteiger partial charge in [0.15, 0.2) is 17.0 Å². The number of carbonyl (C=O) groups is 1. The number of nitrogens with zero attached hydrogens (tertiary/aromatic N) is 5. The lowest BCUT2D eigenvalue weighted by molar-refractivity contribution is -0.127. The van der Waals surface area contributed by atoms with Gasteiger partial charge in [-0.3, -0.25) is 4.79 Å². The van der Waals surface area contributed by atoms with E-state index in [1.165, 1.54) is 5.56 Å². The van der Waals surface area contributed by atoms with Gasteiger partial charge in [0.05, 0.1) is 13.4 Å². The predicted molar refractivity (Wildman–Crippen MR) is 111 cm³/mol. The van der Waals surface area contributed by atoms with Gasteiger partial charge in [0, 0.05) is 32.6 Å². The Hall–Kier alpha value is -2.87. The third-order valence-electron chi connectivity index (χ3n) is 5.08. The molecule has 1 aliphatic heterocycles. The minimum atomic E-state index is 0.170. The molecule has 1 N–H and O–H groups in total. The fraction of sp³-hybridized carbons (Fsp3) is 0.400. The number of hydrogen-bond donors (Lipinski definition) is 1. The maximum Gasteiger partial charge on any atom is 0.226 e. The number of carbonyl (C=O) groups excluding carboxylic acids is 1.